The number of amides is 1. The Hall–Kier alpha value is -0.580. The van der Waals surface area contributed by atoms with E-state index in [0.29, 0.717) is 10.6 Å². The molecule has 1 aliphatic rings. The second kappa shape index (κ2) is 4.51. The lowest BCUT2D eigenvalue weighted by Gasteiger charge is -2.48. The number of aliphatic hydroxyl groups is 1. The number of alkyl halides is 1. The van der Waals surface area contributed by atoms with Gasteiger partial charge in [0.1, 0.15) is 0 Å². The molecule has 2 unspecified atom stereocenters. The number of carbonyl (C=O) groups excluding carboxylic acids is 1. The van der Waals surface area contributed by atoms with E-state index in [1.165, 1.54) is 6.92 Å². The predicted octanol–water partition coefficient (Wildman–Crippen LogP) is 3.28. The largest absolute Gasteiger partial charge is 0.387 e. The molecule has 0 fully saturated rings. The highest BCUT2D eigenvalue weighted by Gasteiger charge is 2.46. The maximum absolute atomic E-state index is 11.9. The Balaban J connectivity index is 2.68. The molecule has 0 radical (unpaired) electrons. The van der Waals surface area contributed by atoms with Crippen LogP contribution in [0.2, 0.25) is 5.02 Å². The van der Waals surface area contributed by atoms with Crippen molar-refractivity contribution < 1.29 is 9.90 Å². The number of carbonyl (C=O) groups is 1. The Labute approximate surface area is 120 Å². The zero-order valence-corrected chi connectivity index (χ0v) is 12.8. The van der Waals surface area contributed by atoms with Crippen LogP contribution in [0.3, 0.4) is 0 Å². The first-order valence-corrected chi connectivity index (χ1v) is 6.98. The summed E-state index contributed by atoms with van der Waals surface area (Å²) in [6.45, 7) is 5.38. The standard InChI is InChI=1S/C13H15BrClNO2/c1-7(17)16-10-5-4-8(15)6-9(10)11(18)12(14)13(16,2)3/h4-6,11-12,18H,1-3H3. The fraction of sp³-hybridized carbons (Fsp3) is 0.462. The van der Waals surface area contributed by atoms with Crippen molar-refractivity contribution in [2.24, 2.45) is 0 Å². The van der Waals surface area contributed by atoms with Crippen molar-refractivity contribution in [3.63, 3.8) is 0 Å². The van der Waals surface area contributed by atoms with Crippen molar-refractivity contribution in [3.8, 4) is 0 Å². The van der Waals surface area contributed by atoms with E-state index in [-0.39, 0.29) is 10.7 Å². The van der Waals surface area contributed by atoms with E-state index >= 15 is 0 Å². The van der Waals surface area contributed by atoms with Crippen LogP contribution in [0.4, 0.5) is 5.69 Å². The molecule has 0 aromatic heterocycles. The Morgan fingerprint density at radius 3 is 2.67 bits per heavy atom. The second-order valence-corrected chi connectivity index (χ2v) is 6.48. The molecule has 2 rings (SSSR count). The first kappa shape index (κ1) is 13.8. The molecule has 18 heavy (non-hydrogen) atoms. The predicted molar refractivity (Wildman–Crippen MR) is 76.4 cm³/mol. The molecule has 5 heteroatoms. The van der Waals surface area contributed by atoms with Crippen LogP contribution < -0.4 is 4.90 Å². The van der Waals surface area contributed by atoms with Crippen molar-refractivity contribution in [3.05, 3.63) is 28.8 Å². The normalized spacial score (nSPS) is 25.8. The maximum Gasteiger partial charge on any atom is 0.224 e. The summed E-state index contributed by atoms with van der Waals surface area (Å²) in [5.41, 5.74) is 0.894. The molecule has 1 N–H and O–H groups in total. The van der Waals surface area contributed by atoms with Gasteiger partial charge in [0.15, 0.2) is 0 Å². The number of fused-ring (bicyclic) bond motifs is 1. The fourth-order valence-electron chi connectivity index (χ4n) is 2.52. The smallest absolute Gasteiger partial charge is 0.224 e. The summed E-state index contributed by atoms with van der Waals surface area (Å²) in [6, 6.07) is 5.22. The number of benzene rings is 1. The number of hydrogen-bond donors (Lipinski definition) is 1. The number of nitrogens with zero attached hydrogens (tertiary/aromatic N) is 1. The number of anilines is 1. The summed E-state index contributed by atoms with van der Waals surface area (Å²) in [6.07, 6.45) is -0.690. The van der Waals surface area contributed by atoms with Crippen molar-refractivity contribution in [1.29, 1.82) is 0 Å². The number of hydrogen-bond acceptors (Lipinski definition) is 2. The van der Waals surface area contributed by atoms with Crippen LogP contribution in [-0.4, -0.2) is 21.4 Å². The van der Waals surface area contributed by atoms with Gasteiger partial charge in [0, 0.05) is 17.5 Å². The molecule has 0 aliphatic carbocycles. The molecule has 1 aromatic rings. The van der Waals surface area contributed by atoms with E-state index in [1.807, 2.05) is 13.8 Å². The van der Waals surface area contributed by atoms with E-state index in [1.54, 1.807) is 23.1 Å². The van der Waals surface area contributed by atoms with Gasteiger partial charge in [0.05, 0.1) is 22.2 Å². The first-order valence-electron chi connectivity index (χ1n) is 5.69. The summed E-state index contributed by atoms with van der Waals surface area (Å²) in [5.74, 6) is -0.0556. The van der Waals surface area contributed by atoms with Gasteiger partial charge in [-0.2, -0.15) is 0 Å². The molecule has 0 saturated heterocycles. The highest BCUT2D eigenvalue weighted by Crippen LogP contribution is 2.46. The van der Waals surface area contributed by atoms with Gasteiger partial charge in [-0.15, -0.1) is 0 Å². The van der Waals surface area contributed by atoms with Gasteiger partial charge < -0.3 is 10.0 Å². The SMILES string of the molecule is CC(=O)N1c2ccc(Cl)cc2C(O)C(Br)C1(C)C. The Kier molecular flexibility index (Phi) is 3.47. The van der Waals surface area contributed by atoms with E-state index in [0.717, 1.165) is 5.69 Å². The summed E-state index contributed by atoms with van der Waals surface area (Å²) in [7, 11) is 0. The number of rotatable bonds is 0. The Morgan fingerprint density at radius 1 is 1.50 bits per heavy atom. The molecule has 3 nitrogen and oxygen atoms in total. The van der Waals surface area contributed by atoms with Crippen LogP contribution in [0.15, 0.2) is 18.2 Å². The topological polar surface area (TPSA) is 40.5 Å². The molecular formula is C13H15BrClNO2. The van der Waals surface area contributed by atoms with Crippen LogP contribution in [0.5, 0.6) is 0 Å². The third-order valence-electron chi connectivity index (χ3n) is 3.39. The molecule has 1 aromatic carbocycles. The van der Waals surface area contributed by atoms with Crippen molar-refractivity contribution in [2.75, 3.05) is 4.90 Å². The minimum atomic E-state index is -0.690. The summed E-state index contributed by atoms with van der Waals surface area (Å²) < 4.78 is 0. The van der Waals surface area contributed by atoms with Crippen LogP contribution in [0.25, 0.3) is 0 Å². The van der Waals surface area contributed by atoms with Gasteiger partial charge in [-0.05, 0) is 32.0 Å². The van der Waals surface area contributed by atoms with E-state index in [9.17, 15) is 9.90 Å². The van der Waals surface area contributed by atoms with Crippen LogP contribution in [0, 0.1) is 0 Å². The van der Waals surface area contributed by atoms with E-state index in [4.69, 9.17) is 11.6 Å². The molecular weight excluding hydrogens is 318 g/mol. The minimum absolute atomic E-state index is 0.0556. The lowest BCUT2D eigenvalue weighted by Crippen LogP contribution is -2.57. The van der Waals surface area contributed by atoms with Crippen molar-refractivity contribution in [2.45, 2.75) is 37.2 Å². The molecule has 0 bridgehead atoms. The maximum atomic E-state index is 11.9. The monoisotopic (exact) mass is 331 g/mol. The second-order valence-electron chi connectivity index (χ2n) is 5.06. The zero-order chi connectivity index (χ0) is 13.7. The van der Waals surface area contributed by atoms with Crippen molar-refractivity contribution in [1.82, 2.24) is 0 Å². The average molecular weight is 333 g/mol. The van der Waals surface area contributed by atoms with Gasteiger partial charge in [-0.3, -0.25) is 4.79 Å². The van der Waals surface area contributed by atoms with Crippen LogP contribution in [-0.2, 0) is 4.79 Å². The van der Waals surface area contributed by atoms with Gasteiger partial charge in [-0.25, -0.2) is 0 Å². The molecule has 98 valence electrons. The van der Waals surface area contributed by atoms with E-state index < -0.39 is 11.6 Å². The zero-order valence-electron chi connectivity index (χ0n) is 10.4. The highest BCUT2D eigenvalue weighted by molar-refractivity contribution is 9.09. The Morgan fingerprint density at radius 2 is 2.11 bits per heavy atom. The fourth-order valence-corrected chi connectivity index (χ4v) is 3.19. The van der Waals surface area contributed by atoms with Gasteiger partial charge in [0.2, 0.25) is 5.91 Å². The first-order chi connectivity index (χ1) is 8.26. The lowest BCUT2D eigenvalue weighted by atomic mass is 9.84. The molecule has 1 amide bonds. The molecule has 0 spiro atoms. The third-order valence-corrected chi connectivity index (χ3v) is 5.25. The average Bonchev–Trinajstić information content (AvgIpc) is 2.27. The van der Waals surface area contributed by atoms with Crippen molar-refractivity contribution >= 4 is 39.1 Å². The quantitative estimate of drug-likeness (QED) is 0.741. The lowest BCUT2D eigenvalue weighted by molar-refractivity contribution is -0.117. The van der Waals surface area contributed by atoms with E-state index in [2.05, 4.69) is 15.9 Å². The van der Waals surface area contributed by atoms with Gasteiger partial charge >= 0.3 is 0 Å². The number of halogens is 2. The highest BCUT2D eigenvalue weighted by atomic mass is 79.9. The number of aliphatic hydroxyl groups excluding tert-OH is 1. The molecule has 1 heterocycles. The Bertz CT molecular complexity index is 504. The minimum Gasteiger partial charge on any atom is -0.387 e. The molecule has 1 aliphatic heterocycles. The summed E-state index contributed by atoms with van der Waals surface area (Å²) in [5, 5.41) is 10.9. The van der Waals surface area contributed by atoms with Crippen LogP contribution >= 0.6 is 27.5 Å². The van der Waals surface area contributed by atoms with Gasteiger partial charge in [0.25, 0.3) is 0 Å². The molecule has 0 saturated carbocycles. The molecule has 2 atom stereocenters. The van der Waals surface area contributed by atoms with Crippen LogP contribution in [0.1, 0.15) is 32.4 Å². The third kappa shape index (κ3) is 1.96. The van der Waals surface area contributed by atoms with Gasteiger partial charge in [-0.1, -0.05) is 27.5 Å². The summed E-state index contributed by atoms with van der Waals surface area (Å²) in [4.78, 5) is 13.4. The summed E-state index contributed by atoms with van der Waals surface area (Å²) >= 11 is 9.45.